The van der Waals surface area contributed by atoms with Gasteiger partial charge in [0.15, 0.2) is 0 Å². The van der Waals surface area contributed by atoms with Crippen LogP contribution in [0.25, 0.3) is 0 Å². The van der Waals surface area contributed by atoms with Crippen molar-refractivity contribution in [2.75, 3.05) is 0 Å². The summed E-state index contributed by atoms with van der Waals surface area (Å²) in [6, 6.07) is 10.3. The van der Waals surface area contributed by atoms with Crippen molar-refractivity contribution >= 4 is 0 Å². The Kier molecular flexibility index (Phi) is 6.30. The minimum absolute atomic E-state index is 0.852. The van der Waals surface area contributed by atoms with Crippen LogP contribution in [0.4, 0.5) is 0 Å². The van der Waals surface area contributed by atoms with Gasteiger partial charge in [-0.25, -0.2) is 0 Å². The van der Waals surface area contributed by atoms with Gasteiger partial charge in [0.25, 0.3) is 0 Å². The Labute approximate surface area is 83.0 Å². The van der Waals surface area contributed by atoms with Crippen LogP contribution < -0.4 is 0 Å². The lowest BCUT2D eigenvalue weighted by atomic mass is 10.0. The van der Waals surface area contributed by atoms with Gasteiger partial charge in [-0.15, -0.1) is 0 Å². The zero-order chi connectivity index (χ0) is 10.3. The monoisotopic (exact) mass is 178 g/mol. The van der Waals surface area contributed by atoms with E-state index in [0.29, 0.717) is 0 Å². The highest BCUT2D eigenvalue weighted by Gasteiger charge is 1.95. The first-order valence-electron chi connectivity index (χ1n) is 5.05. The topological polar surface area (TPSA) is 0 Å². The fourth-order valence-corrected chi connectivity index (χ4v) is 0.534. The molecule has 0 spiro atoms. The first kappa shape index (κ1) is 12.2. The molecular formula is C13H22. The Hall–Kier alpha value is -0.780. The van der Waals surface area contributed by atoms with Gasteiger partial charge in [0.05, 0.1) is 0 Å². The van der Waals surface area contributed by atoms with Crippen LogP contribution in [-0.2, 0) is 0 Å². The highest BCUT2D eigenvalue weighted by molar-refractivity contribution is 5.11. The van der Waals surface area contributed by atoms with Gasteiger partial charge in [0, 0.05) is 0 Å². The molecule has 0 nitrogen and oxygen atoms in total. The molecule has 1 aromatic rings. The lowest BCUT2D eigenvalue weighted by Crippen LogP contribution is -1.95. The molecule has 0 saturated heterocycles. The summed E-state index contributed by atoms with van der Waals surface area (Å²) in [4.78, 5) is 0. The molecular weight excluding hydrogens is 156 g/mol. The predicted molar refractivity (Wildman–Crippen MR) is 60.9 cm³/mol. The lowest BCUT2D eigenvalue weighted by Gasteiger charge is -2.05. The minimum Gasteiger partial charge on any atom is -0.0625 e. The van der Waals surface area contributed by atoms with E-state index in [1.807, 2.05) is 18.2 Å². The second kappa shape index (κ2) is 6.71. The van der Waals surface area contributed by atoms with Gasteiger partial charge < -0.3 is 0 Å². The third kappa shape index (κ3) is 7.58. The first-order chi connectivity index (χ1) is 6.04. The SMILES string of the molecule is CC(C)C(C)C.Cc1ccccc1. The largest absolute Gasteiger partial charge is 0.0625 e. The predicted octanol–water partition coefficient (Wildman–Crippen LogP) is 4.29. The zero-order valence-corrected chi connectivity index (χ0v) is 9.54. The molecule has 0 heterocycles. The molecule has 0 aliphatic heterocycles. The van der Waals surface area contributed by atoms with Gasteiger partial charge in [-0.2, -0.15) is 0 Å². The van der Waals surface area contributed by atoms with Crippen LogP contribution in [0.1, 0.15) is 33.3 Å². The Balaban J connectivity index is 0.000000226. The van der Waals surface area contributed by atoms with E-state index < -0.39 is 0 Å². The van der Waals surface area contributed by atoms with Gasteiger partial charge in [-0.3, -0.25) is 0 Å². The fourth-order valence-electron chi connectivity index (χ4n) is 0.534. The van der Waals surface area contributed by atoms with Crippen molar-refractivity contribution in [3.8, 4) is 0 Å². The molecule has 0 heteroatoms. The maximum atomic E-state index is 2.24. The van der Waals surface area contributed by atoms with Crippen molar-refractivity contribution in [1.29, 1.82) is 0 Å². The van der Waals surface area contributed by atoms with E-state index in [0.717, 1.165) is 11.8 Å². The van der Waals surface area contributed by atoms with Crippen LogP contribution >= 0.6 is 0 Å². The molecule has 0 unspecified atom stereocenters. The minimum atomic E-state index is 0.852. The van der Waals surface area contributed by atoms with Crippen LogP contribution in [0, 0.1) is 18.8 Å². The third-order valence-electron chi connectivity index (χ3n) is 2.27. The molecule has 0 saturated carbocycles. The molecule has 0 N–H and O–H groups in total. The van der Waals surface area contributed by atoms with E-state index in [4.69, 9.17) is 0 Å². The molecule has 0 radical (unpaired) electrons. The molecule has 1 rings (SSSR count). The highest BCUT2D eigenvalue weighted by Crippen LogP contribution is 2.05. The third-order valence-corrected chi connectivity index (χ3v) is 2.27. The van der Waals surface area contributed by atoms with Gasteiger partial charge in [0.1, 0.15) is 0 Å². The molecule has 74 valence electrons. The summed E-state index contributed by atoms with van der Waals surface area (Å²) < 4.78 is 0. The summed E-state index contributed by atoms with van der Waals surface area (Å²) in [6.07, 6.45) is 0. The van der Waals surface area contributed by atoms with Crippen molar-refractivity contribution in [2.24, 2.45) is 11.8 Å². The molecule has 0 fully saturated rings. The summed E-state index contributed by atoms with van der Waals surface area (Å²) >= 11 is 0. The average Bonchev–Trinajstić information content (AvgIpc) is 2.06. The summed E-state index contributed by atoms with van der Waals surface area (Å²) in [7, 11) is 0. The standard InChI is InChI=1S/C7H8.C6H14/c1-7-5-3-2-4-6-7;1-5(2)6(3)4/h2-6H,1H3;5-6H,1-4H3. The van der Waals surface area contributed by atoms with Crippen LogP contribution in [0.3, 0.4) is 0 Å². The van der Waals surface area contributed by atoms with E-state index in [1.54, 1.807) is 0 Å². The van der Waals surface area contributed by atoms with Crippen molar-refractivity contribution in [3.63, 3.8) is 0 Å². The summed E-state index contributed by atoms with van der Waals surface area (Å²) in [5.41, 5.74) is 1.32. The Morgan fingerprint density at radius 3 is 1.31 bits per heavy atom. The van der Waals surface area contributed by atoms with Crippen LogP contribution in [0.2, 0.25) is 0 Å². The van der Waals surface area contributed by atoms with E-state index >= 15 is 0 Å². The van der Waals surface area contributed by atoms with E-state index in [-0.39, 0.29) is 0 Å². The molecule has 13 heavy (non-hydrogen) atoms. The quantitative estimate of drug-likeness (QED) is 0.601. The molecule has 0 aromatic heterocycles. The fraction of sp³-hybridized carbons (Fsp3) is 0.538. The Morgan fingerprint density at radius 2 is 1.15 bits per heavy atom. The van der Waals surface area contributed by atoms with Crippen molar-refractivity contribution in [2.45, 2.75) is 34.6 Å². The Morgan fingerprint density at radius 1 is 0.769 bits per heavy atom. The first-order valence-corrected chi connectivity index (χ1v) is 5.05. The number of benzene rings is 1. The second-order valence-corrected chi connectivity index (χ2v) is 4.14. The van der Waals surface area contributed by atoms with E-state index in [9.17, 15) is 0 Å². The smallest absolute Gasteiger partial charge is 0.0398 e. The van der Waals surface area contributed by atoms with Crippen LogP contribution in [-0.4, -0.2) is 0 Å². The van der Waals surface area contributed by atoms with Crippen molar-refractivity contribution in [1.82, 2.24) is 0 Å². The number of hydrogen-bond donors (Lipinski definition) is 0. The second-order valence-electron chi connectivity index (χ2n) is 4.14. The molecule has 0 aliphatic rings. The van der Waals surface area contributed by atoms with Gasteiger partial charge in [-0.05, 0) is 18.8 Å². The number of hydrogen-bond acceptors (Lipinski definition) is 0. The molecule has 0 bridgehead atoms. The zero-order valence-electron chi connectivity index (χ0n) is 9.54. The van der Waals surface area contributed by atoms with Gasteiger partial charge >= 0.3 is 0 Å². The summed E-state index contributed by atoms with van der Waals surface area (Å²) in [5, 5.41) is 0. The van der Waals surface area contributed by atoms with Gasteiger partial charge in [0.2, 0.25) is 0 Å². The lowest BCUT2D eigenvalue weighted by molar-refractivity contribution is 0.457. The molecule has 0 atom stereocenters. The van der Waals surface area contributed by atoms with Crippen molar-refractivity contribution in [3.05, 3.63) is 35.9 Å². The van der Waals surface area contributed by atoms with E-state index in [1.165, 1.54) is 5.56 Å². The number of rotatable bonds is 1. The van der Waals surface area contributed by atoms with E-state index in [2.05, 4.69) is 46.8 Å². The summed E-state index contributed by atoms with van der Waals surface area (Å²) in [5.74, 6) is 1.70. The Bertz CT molecular complexity index is 191. The maximum absolute atomic E-state index is 2.24. The normalized spacial score (nSPS) is 9.77. The van der Waals surface area contributed by atoms with Crippen molar-refractivity contribution < 1.29 is 0 Å². The van der Waals surface area contributed by atoms with Crippen LogP contribution in [0.5, 0.6) is 0 Å². The summed E-state index contributed by atoms with van der Waals surface area (Å²) in [6.45, 7) is 11.0. The maximum Gasteiger partial charge on any atom is -0.0398 e. The molecule has 1 aromatic carbocycles. The number of aryl methyl sites for hydroxylation is 1. The van der Waals surface area contributed by atoms with Crippen LogP contribution in [0.15, 0.2) is 30.3 Å². The molecule has 0 amide bonds. The average molecular weight is 178 g/mol. The molecule has 0 aliphatic carbocycles. The highest BCUT2D eigenvalue weighted by atomic mass is 14.0. The van der Waals surface area contributed by atoms with Gasteiger partial charge in [-0.1, -0.05) is 63.6 Å².